The van der Waals surface area contributed by atoms with Crippen LogP contribution in [0.3, 0.4) is 0 Å². The summed E-state index contributed by atoms with van der Waals surface area (Å²) in [5.41, 5.74) is 0. The van der Waals surface area contributed by atoms with Gasteiger partial charge in [0.05, 0.1) is 32.3 Å². The lowest BCUT2D eigenvalue weighted by Gasteiger charge is -2.12. The largest absolute Gasteiger partial charge is 0.347 e. The number of urea groups is 1. The van der Waals surface area contributed by atoms with Gasteiger partial charge in [0.2, 0.25) is 0 Å². The summed E-state index contributed by atoms with van der Waals surface area (Å²) in [7, 11) is 0. The highest BCUT2D eigenvalue weighted by atomic mass is 79.9. The fourth-order valence-corrected chi connectivity index (χ4v) is 2.70. The molecule has 1 saturated heterocycles. The van der Waals surface area contributed by atoms with E-state index in [2.05, 4.69) is 39.2 Å². The number of imide groups is 1. The molecular weight excluding hydrogens is 328 g/mol. The highest BCUT2D eigenvalue weighted by Gasteiger charge is 2.42. The van der Waals surface area contributed by atoms with Gasteiger partial charge in [0.15, 0.2) is 0 Å². The molecule has 3 amide bonds. The predicted molar refractivity (Wildman–Crippen MR) is 64.5 cm³/mol. The van der Waals surface area contributed by atoms with Gasteiger partial charge in [-0.15, -0.1) is 0 Å². The molecule has 1 rings (SSSR count). The van der Waals surface area contributed by atoms with Crippen LogP contribution in [-0.4, -0.2) is 25.8 Å². The molecule has 6 heteroatoms. The molecule has 15 heavy (non-hydrogen) atoms. The Morgan fingerprint density at radius 3 is 2.33 bits per heavy atom. The lowest BCUT2D eigenvalue weighted by atomic mass is 10.1. The van der Waals surface area contributed by atoms with Gasteiger partial charge in [-0.3, -0.25) is 4.79 Å². The minimum absolute atomic E-state index is 0.187. The Hall–Kier alpha value is -0.100. The molecule has 1 heterocycles. The Morgan fingerprint density at radius 2 is 1.87 bits per heavy atom. The van der Waals surface area contributed by atoms with E-state index in [4.69, 9.17) is 0 Å². The molecule has 0 aromatic rings. The maximum atomic E-state index is 11.6. The summed E-state index contributed by atoms with van der Waals surface area (Å²) >= 11 is 6.05. The zero-order chi connectivity index (χ0) is 11.4. The number of hydrogen-bond acceptors (Lipinski definition) is 2. The Bertz CT molecular complexity index is 260. The first-order chi connectivity index (χ1) is 7.09. The van der Waals surface area contributed by atoms with Crippen molar-refractivity contribution in [2.24, 2.45) is 0 Å². The van der Waals surface area contributed by atoms with Crippen molar-refractivity contribution in [3.05, 3.63) is 0 Å². The van der Waals surface area contributed by atoms with Crippen molar-refractivity contribution in [1.29, 1.82) is 0 Å². The number of unbranched alkanes of at least 4 members (excludes halogenated alkanes) is 3. The maximum Gasteiger partial charge on any atom is 0.347 e. The van der Waals surface area contributed by atoms with Gasteiger partial charge in [0.25, 0.3) is 5.91 Å². The molecular formula is C9H14Br2N2O2. The zero-order valence-corrected chi connectivity index (χ0v) is 11.8. The monoisotopic (exact) mass is 340 g/mol. The molecule has 0 N–H and O–H groups in total. The smallest absolute Gasteiger partial charge is 0.271 e. The van der Waals surface area contributed by atoms with Gasteiger partial charge in [0.1, 0.15) is 6.04 Å². The Balaban J connectivity index is 2.41. The minimum atomic E-state index is -0.353. The first kappa shape index (κ1) is 13.0. The van der Waals surface area contributed by atoms with Crippen LogP contribution in [0.25, 0.3) is 0 Å². The van der Waals surface area contributed by atoms with Gasteiger partial charge >= 0.3 is 6.03 Å². The molecule has 0 saturated carbocycles. The minimum Gasteiger partial charge on any atom is -0.271 e. The summed E-state index contributed by atoms with van der Waals surface area (Å²) in [6.07, 6.45) is 5.14. The lowest BCUT2D eigenvalue weighted by molar-refractivity contribution is -0.124. The highest BCUT2D eigenvalue weighted by Crippen LogP contribution is 2.27. The number of carbonyl (C=O) groups excluding carboxylic acids is 2. The lowest BCUT2D eigenvalue weighted by Crippen LogP contribution is -2.26. The Kier molecular flexibility index (Phi) is 5.05. The molecule has 0 aromatic carbocycles. The van der Waals surface area contributed by atoms with E-state index >= 15 is 0 Å². The molecule has 1 fully saturated rings. The van der Waals surface area contributed by atoms with Crippen LogP contribution in [0.1, 0.15) is 39.0 Å². The molecule has 1 aliphatic rings. The van der Waals surface area contributed by atoms with Crippen molar-refractivity contribution >= 4 is 44.2 Å². The standard InChI is InChI=1S/C9H14Br2N2O2/c1-2-3-4-5-6-7-8(14)13(11)9(15)12(7)10/h7H,2-6H2,1H3. The molecule has 0 bridgehead atoms. The molecule has 0 spiro atoms. The van der Waals surface area contributed by atoms with Crippen molar-refractivity contribution in [2.45, 2.75) is 45.1 Å². The summed E-state index contributed by atoms with van der Waals surface area (Å²) in [6, 6.07) is -0.700. The van der Waals surface area contributed by atoms with Gasteiger partial charge in [-0.05, 0) is 6.42 Å². The molecule has 0 aromatic heterocycles. The topological polar surface area (TPSA) is 40.6 Å². The Morgan fingerprint density at radius 1 is 1.20 bits per heavy atom. The van der Waals surface area contributed by atoms with Crippen molar-refractivity contribution in [1.82, 2.24) is 7.85 Å². The third kappa shape index (κ3) is 2.93. The number of hydrogen-bond donors (Lipinski definition) is 0. The van der Waals surface area contributed by atoms with Crippen molar-refractivity contribution in [3.8, 4) is 0 Å². The predicted octanol–water partition coefficient (Wildman–Crippen LogP) is 3.21. The van der Waals surface area contributed by atoms with E-state index in [9.17, 15) is 9.59 Å². The van der Waals surface area contributed by atoms with E-state index in [0.717, 1.165) is 23.2 Å². The van der Waals surface area contributed by atoms with Gasteiger partial charge in [-0.2, -0.15) is 3.93 Å². The molecule has 4 nitrogen and oxygen atoms in total. The van der Waals surface area contributed by atoms with E-state index in [1.165, 1.54) is 16.8 Å². The van der Waals surface area contributed by atoms with Gasteiger partial charge in [-0.1, -0.05) is 32.6 Å². The summed E-state index contributed by atoms with van der Waals surface area (Å²) in [5, 5.41) is 0. The third-order valence-corrected chi connectivity index (χ3v) is 3.88. The highest BCUT2D eigenvalue weighted by molar-refractivity contribution is 9.08. The van der Waals surface area contributed by atoms with Crippen LogP contribution in [0.5, 0.6) is 0 Å². The molecule has 1 aliphatic heterocycles. The fraction of sp³-hybridized carbons (Fsp3) is 0.778. The zero-order valence-electron chi connectivity index (χ0n) is 8.58. The number of nitrogens with zero attached hydrogens (tertiary/aromatic N) is 2. The van der Waals surface area contributed by atoms with Crippen molar-refractivity contribution < 1.29 is 9.59 Å². The quantitative estimate of drug-likeness (QED) is 0.437. The number of halogens is 2. The number of amides is 3. The average molecular weight is 342 g/mol. The second-order valence-corrected chi connectivity index (χ2v) is 5.05. The molecule has 0 aliphatic carbocycles. The van der Waals surface area contributed by atoms with Crippen molar-refractivity contribution in [3.63, 3.8) is 0 Å². The van der Waals surface area contributed by atoms with Crippen LogP contribution in [0.2, 0.25) is 0 Å². The fourth-order valence-electron chi connectivity index (χ4n) is 1.54. The molecule has 1 unspecified atom stereocenters. The van der Waals surface area contributed by atoms with E-state index in [0.29, 0.717) is 0 Å². The average Bonchev–Trinajstić information content (AvgIpc) is 2.41. The molecule has 86 valence electrons. The SMILES string of the molecule is CCCCCCC1C(=O)N(Br)C(=O)N1Br. The first-order valence-electron chi connectivity index (χ1n) is 5.08. The summed E-state index contributed by atoms with van der Waals surface area (Å²) < 4.78 is 2.29. The van der Waals surface area contributed by atoms with E-state index in [1.54, 1.807) is 0 Å². The summed E-state index contributed by atoms with van der Waals surface area (Å²) in [6.45, 7) is 2.14. The number of carbonyl (C=O) groups is 2. The van der Waals surface area contributed by atoms with Crippen LogP contribution in [0.4, 0.5) is 4.79 Å². The van der Waals surface area contributed by atoms with Gasteiger partial charge < -0.3 is 0 Å². The van der Waals surface area contributed by atoms with Gasteiger partial charge in [0, 0.05) is 0 Å². The van der Waals surface area contributed by atoms with E-state index in [-0.39, 0.29) is 18.0 Å². The van der Waals surface area contributed by atoms with E-state index < -0.39 is 0 Å². The third-order valence-electron chi connectivity index (χ3n) is 2.43. The molecule has 0 radical (unpaired) electrons. The first-order valence-corrected chi connectivity index (χ1v) is 6.50. The second-order valence-electron chi connectivity index (χ2n) is 3.58. The van der Waals surface area contributed by atoms with Crippen LogP contribution in [0.15, 0.2) is 0 Å². The van der Waals surface area contributed by atoms with Crippen LogP contribution in [-0.2, 0) is 4.79 Å². The van der Waals surface area contributed by atoms with Crippen LogP contribution >= 0.6 is 32.3 Å². The van der Waals surface area contributed by atoms with Crippen LogP contribution in [0, 0.1) is 0 Å². The number of rotatable bonds is 5. The van der Waals surface area contributed by atoms with E-state index in [1.807, 2.05) is 0 Å². The summed E-state index contributed by atoms with van der Waals surface area (Å²) in [5.74, 6) is -0.187. The summed E-state index contributed by atoms with van der Waals surface area (Å²) in [4.78, 5) is 22.9. The van der Waals surface area contributed by atoms with Crippen molar-refractivity contribution in [2.75, 3.05) is 0 Å². The second kappa shape index (κ2) is 5.84. The molecule has 1 atom stereocenters. The maximum absolute atomic E-state index is 11.6. The normalized spacial score (nSPS) is 21.7. The van der Waals surface area contributed by atoms with Gasteiger partial charge in [-0.25, -0.2) is 8.72 Å². The Labute approximate surface area is 107 Å². The van der Waals surface area contributed by atoms with Crippen LogP contribution < -0.4 is 0 Å².